The van der Waals surface area contributed by atoms with Gasteiger partial charge in [-0.1, -0.05) is 22.9 Å². The van der Waals surface area contributed by atoms with Crippen LogP contribution in [-0.2, 0) is 6.54 Å². The highest BCUT2D eigenvalue weighted by Gasteiger charge is 2.11. The SMILES string of the molecule is CC(Cn1cccn1)Nc1nc(Cl)c(C#N)s1. The van der Waals surface area contributed by atoms with Crippen molar-refractivity contribution in [3.8, 4) is 6.07 Å². The number of hydrogen-bond donors (Lipinski definition) is 1. The van der Waals surface area contributed by atoms with E-state index in [2.05, 4.69) is 15.4 Å². The molecule has 0 aromatic carbocycles. The van der Waals surface area contributed by atoms with E-state index < -0.39 is 0 Å². The van der Waals surface area contributed by atoms with E-state index in [1.807, 2.05) is 29.9 Å². The van der Waals surface area contributed by atoms with Gasteiger partial charge in [-0.05, 0) is 13.0 Å². The first-order chi connectivity index (χ1) is 8.19. The van der Waals surface area contributed by atoms with Crippen LogP contribution in [0, 0.1) is 11.3 Å². The molecule has 0 saturated heterocycles. The first kappa shape index (κ1) is 11.9. The lowest BCUT2D eigenvalue weighted by molar-refractivity contribution is 0.560. The molecule has 2 aromatic heterocycles. The van der Waals surface area contributed by atoms with Gasteiger partial charge in [-0.2, -0.15) is 10.4 Å². The highest BCUT2D eigenvalue weighted by molar-refractivity contribution is 7.16. The maximum absolute atomic E-state index is 8.77. The van der Waals surface area contributed by atoms with Crippen LogP contribution in [0.15, 0.2) is 18.5 Å². The number of thiazole rings is 1. The lowest BCUT2D eigenvalue weighted by Crippen LogP contribution is -2.22. The maximum Gasteiger partial charge on any atom is 0.185 e. The first-order valence-corrected chi connectivity index (χ1v) is 6.19. The summed E-state index contributed by atoms with van der Waals surface area (Å²) in [4.78, 5) is 4.50. The van der Waals surface area contributed by atoms with E-state index in [9.17, 15) is 0 Å². The Kier molecular flexibility index (Phi) is 3.61. The summed E-state index contributed by atoms with van der Waals surface area (Å²) in [6.07, 6.45) is 3.63. The summed E-state index contributed by atoms with van der Waals surface area (Å²) in [5, 5.41) is 17.0. The zero-order chi connectivity index (χ0) is 12.3. The van der Waals surface area contributed by atoms with Crippen LogP contribution in [0.1, 0.15) is 11.8 Å². The fraction of sp³-hybridized carbons (Fsp3) is 0.300. The van der Waals surface area contributed by atoms with E-state index in [1.165, 1.54) is 11.3 Å². The van der Waals surface area contributed by atoms with Crippen LogP contribution in [0.2, 0.25) is 5.15 Å². The van der Waals surface area contributed by atoms with Gasteiger partial charge in [-0.3, -0.25) is 4.68 Å². The molecule has 0 aliphatic heterocycles. The van der Waals surface area contributed by atoms with Crippen molar-refractivity contribution in [2.45, 2.75) is 19.5 Å². The Balaban J connectivity index is 1.98. The van der Waals surface area contributed by atoms with E-state index in [0.29, 0.717) is 10.0 Å². The van der Waals surface area contributed by atoms with Crippen molar-refractivity contribution in [2.24, 2.45) is 0 Å². The van der Waals surface area contributed by atoms with Gasteiger partial charge in [-0.25, -0.2) is 4.98 Å². The molecule has 0 bridgehead atoms. The molecule has 0 aliphatic carbocycles. The maximum atomic E-state index is 8.77. The van der Waals surface area contributed by atoms with E-state index in [4.69, 9.17) is 16.9 Å². The summed E-state index contributed by atoms with van der Waals surface area (Å²) in [6, 6.07) is 4.03. The zero-order valence-electron chi connectivity index (χ0n) is 9.09. The number of nitrogens with zero attached hydrogens (tertiary/aromatic N) is 4. The lowest BCUT2D eigenvalue weighted by atomic mass is 10.3. The van der Waals surface area contributed by atoms with Crippen LogP contribution in [0.3, 0.4) is 0 Å². The highest BCUT2D eigenvalue weighted by Crippen LogP contribution is 2.26. The number of nitrogens with one attached hydrogen (secondary N) is 1. The normalized spacial score (nSPS) is 12.1. The summed E-state index contributed by atoms with van der Waals surface area (Å²) in [5.74, 6) is 0. The minimum Gasteiger partial charge on any atom is -0.357 e. The Morgan fingerprint density at radius 1 is 1.71 bits per heavy atom. The molecule has 2 aromatic rings. The summed E-state index contributed by atoms with van der Waals surface area (Å²) in [5.41, 5.74) is 0. The number of anilines is 1. The van der Waals surface area contributed by atoms with E-state index in [1.54, 1.807) is 6.20 Å². The molecule has 2 rings (SSSR count). The second kappa shape index (κ2) is 5.17. The number of rotatable bonds is 4. The van der Waals surface area contributed by atoms with Gasteiger partial charge in [0.15, 0.2) is 10.3 Å². The van der Waals surface area contributed by atoms with Gasteiger partial charge in [0.1, 0.15) is 10.9 Å². The second-order valence-corrected chi connectivity index (χ2v) is 4.88. The minimum atomic E-state index is 0.156. The molecule has 5 nitrogen and oxygen atoms in total. The Morgan fingerprint density at radius 2 is 2.53 bits per heavy atom. The third-order valence-electron chi connectivity index (χ3n) is 2.08. The topological polar surface area (TPSA) is 66.5 Å². The summed E-state index contributed by atoms with van der Waals surface area (Å²) in [7, 11) is 0. The van der Waals surface area contributed by atoms with Crippen LogP contribution in [0.4, 0.5) is 5.13 Å². The van der Waals surface area contributed by atoms with Crippen molar-refractivity contribution < 1.29 is 0 Å². The van der Waals surface area contributed by atoms with Crippen LogP contribution in [0.5, 0.6) is 0 Å². The van der Waals surface area contributed by atoms with E-state index in [-0.39, 0.29) is 11.2 Å². The minimum absolute atomic E-state index is 0.156. The molecule has 17 heavy (non-hydrogen) atoms. The summed E-state index contributed by atoms with van der Waals surface area (Å²) < 4.78 is 1.83. The largest absolute Gasteiger partial charge is 0.357 e. The molecule has 7 heteroatoms. The van der Waals surface area contributed by atoms with Gasteiger partial charge >= 0.3 is 0 Å². The Morgan fingerprint density at radius 3 is 3.12 bits per heavy atom. The Hall–Kier alpha value is -1.58. The molecule has 88 valence electrons. The van der Waals surface area contributed by atoms with Gasteiger partial charge in [0, 0.05) is 18.4 Å². The monoisotopic (exact) mass is 267 g/mol. The molecule has 0 spiro atoms. The van der Waals surface area contributed by atoms with Gasteiger partial charge in [0.05, 0.1) is 6.54 Å². The molecule has 2 heterocycles. The number of halogens is 1. The molecule has 1 unspecified atom stereocenters. The van der Waals surface area contributed by atoms with Crippen molar-refractivity contribution in [3.63, 3.8) is 0 Å². The zero-order valence-corrected chi connectivity index (χ0v) is 10.7. The third kappa shape index (κ3) is 2.96. The Bertz CT molecular complexity index is 527. The first-order valence-electron chi connectivity index (χ1n) is 4.99. The number of aromatic nitrogens is 3. The lowest BCUT2D eigenvalue weighted by Gasteiger charge is -2.12. The van der Waals surface area contributed by atoms with Crippen LogP contribution >= 0.6 is 22.9 Å². The van der Waals surface area contributed by atoms with E-state index in [0.717, 1.165) is 6.54 Å². The molecule has 0 radical (unpaired) electrons. The molecule has 0 amide bonds. The Labute approximate surface area is 108 Å². The van der Waals surface area contributed by atoms with Gasteiger partial charge in [-0.15, -0.1) is 0 Å². The fourth-order valence-electron chi connectivity index (χ4n) is 1.38. The predicted molar refractivity (Wildman–Crippen MR) is 67.2 cm³/mol. The molecule has 0 fully saturated rings. The standard InChI is InChI=1S/C10H10ClN5S/c1-7(6-16-4-2-3-13-16)14-10-15-9(11)8(5-12)17-10/h2-4,7H,6H2,1H3,(H,14,15). The average molecular weight is 268 g/mol. The summed E-state index contributed by atoms with van der Waals surface area (Å²) >= 11 is 7.05. The molecule has 0 aliphatic rings. The van der Waals surface area contributed by atoms with Crippen molar-refractivity contribution in [1.82, 2.24) is 14.8 Å². The molecule has 0 saturated carbocycles. The fourth-order valence-corrected chi connectivity index (χ4v) is 2.44. The van der Waals surface area contributed by atoms with Gasteiger partial charge in [0.2, 0.25) is 0 Å². The third-order valence-corrected chi connectivity index (χ3v) is 3.35. The average Bonchev–Trinajstić information content (AvgIpc) is 2.88. The van der Waals surface area contributed by atoms with Crippen LogP contribution < -0.4 is 5.32 Å². The van der Waals surface area contributed by atoms with Gasteiger partial charge in [0.25, 0.3) is 0 Å². The second-order valence-electron chi connectivity index (χ2n) is 3.52. The summed E-state index contributed by atoms with van der Waals surface area (Å²) in [6.45, 7) is 2.75. The molecular formula is C10H10ClN5S. The quantitative estimate of drug-likeness (QED) is 0.924. The van der Waals surface area contributed by atoms with Crippen molar-refractivity contribution in [1.29, 1.82) is 5.26 Å². The smallest absolute Gasteiger partial charge is 0.185 e. The van der Waals surface area contributed by atoms with Crippen molar-refractivity contribution in [2.75, 3.05) is 5.32 Å². The van der Waals surface area contributed by atoms with Crippen LogP contribution in [0.25, 0.3) is 0 Å². The van der Waals surface area contributed by atoms with Crippen molar-refractivity contribution in [3.05, 3.63) is 28.5 Å². The number of hydrogen-bond acceptors (Lipinski definition) is 5. The highest BCUT2D eigenvalue weighted by atomic mass is 35.5. The van der Waals surface area contributed by atoms with E-state index >= 15 is 0 Å². The van der Waals surface area contributed by atoms with Gasteiger partial charge < -0.3 is 5.32 Å². The molecule has 1 atom stereocenters. The van der Waals surface area contributed by atoms with Crippen molar-refractivity contribution >= 4 is 28.1 Å². The van der Waals surface area contributed by atoms with Crippen LogP contribution in [-0.4, -0.2) is 20.8 Å². The number of nitriles is 1. The predicted octanol–water partition coefficient (Wildman–Crippen LogP) is 2.37. The molecular weight excluding hydrogens is 258 g/mol. The molecule has 1 N–H and O–H groups in total.